The molecule has 4 fully saturated rings. The van der Waals surface area contributed by atoms with E-state index in [9.17, 15) is 4.79 Å². The number of hydrogen-bond donors (Lipinski definition) is 2. The van der Waals surface area contributed by atoms with Gasteiger partial charge in [-0.3, -0.25) is 4.79 Å². The minimum atomic E-state index is 0.0881. The first-order valence-electron chi connectivity index (χ1n) is 7.53. The van der Waals surface area contributed by atoms with Gasteiger partial charge in [-0.15, -0.1) is 0 Å². The largest absolute Gasteiger partial charge is 0.351 e. The van der Waals surface area contributed by atoms with E-state index in [0.717, 1.165) is 18.3 Å². The van der Waals surface area contributed by atoms with Crippen LogP contribution in [0.15, 0.2) is 0 Å². The van der Waals surface area contributed by atoms with Gasteiger partial charge < -0.3 is 11.1 Å². The molecule has 0 aromatic carbocycles. The Balaban J connectivity index is 1.87. The summed E-state index contributed by atoms with van der Waals surface area (Å²) in [5.41, 5.74) is 6.70. The van der Waals surface area contributed by atoms with Crippen LogP contribution >= 0.6 is 0 Å². The predicted molar refractivity (Wildman–Crippen MR) is 71.9 cm³/mol. The lowest BCUT2D eigenvalue weighted by Gasteiger charge is -2.63. The number of nitrogens with two attached hydrogens (primary N) is 1. The molecule has 0 spiro atoms. The molecule has 3 atom stereocenters. The van der Waals surface area contributed by atoms with Crippen LogP contribution in [0.3, 0.4) is 0 Å². The Morgan fingerprint density at radius 3 is 2.44 bits per heavy atom. The van der Waals surface area contributed by atoms with E-state index in [-0.39, 0.29) is 17.5 Å². The molecule has 0 aromatic rings. The van der Waals surface area contributed by atoms with Gasteiger partial charge in [0.15, 0.2) is 0 Å². The second-order valence-electron chi connectivity index (χ2n) is 7.29. The van der Waals surface area contributed by atoms with Crippen LogP contribution in [-0.4, -0.2) is 17.5 Å². The third-order valence-corrected chi connectivity index (χ3v) is 5.80. The first-order valence-corrected chi connectivity index (χ1v) is 7.53. The molecule has 18 heavy (non-hydrogen) atoms. The average molecular weight is 250 g/mol. The van der Waals surface area contributed by atoms with Crippen molar-refractivity contribution < 1.29 is 4.79 Å². The van der Waals surface area contributed by atoms with Crippen molar-refractivity contribution >= 4 is 5.91 Å². The Labute approximate surface area is 110 Å². The minimum absolute atomic E-state index is 0.0881. The highest BCUT2D eigenvalue weighted by atomic mass is 16.1. The molecule has 3 N–H and O–H groups in total. The summed E-state index contributed by atoms with van der Waals surface area (Å²) in [5.74, 6) is 1.82. The van der Waals surface area contributed by atoms with Crippen LogP contribution < -0.4 is 11.1 Å². The van der Waals surface area contributed by atoms with Crippen LogP contribution in [-0.2, 0) is 4.79 Å². The summed E-state index contributed by atoms with van der Waals surface area (Å²) in [5, 5.41) is 3.36. The second kappa shape index (κ2) is 3.96. The van der Waals surface area contributed by atoms with Crippen molar-refractivity contribution in [1.29, 1.82) is 0 Å². The fourth-order valence-corrected chi connectivity index (χ4v) is 5.40. The lowest BCUT2D eigenvalue weighted by molar-refractivity contribution is -0.132. The van der Waals surface area contributed by atoms with Gasteiger partial charge >= 0.3 is 0 Å². The Kier molecular flexibility index (Phi) is 2.74. The van der Waals surface area contributed by atoms with Crippen LogP contribution in [0, 0.1) is 17.3 Å². The van der Waals surface area contributed by atoms with Gasteiger partial charge in [0.2, 0.25) is 5.91 Å². The zero-order valence-corrected chi connectivity index (χ0v) is 11.7. The van der Waals surface area contributed by atoms with E-state index >= 15 is 0 Å². The van der Waals surface area contributed by atoms with E-state index in [4.69, 9.17) is 5.73 Å². The minimum Gasteiger partial charge on any atom is -0.351 e. The fraction of sp³-hybridized carbons (Fsp3) is 0.933. The van der Waals surface area contributed by atoms with Crippen molar-refractivity contribution in [2.75, 3.05) is 0 Å². The highest BCUT2D eigenvalue weighted by Gasteiger charge is 2.59. The quantitative estimate of drug-likeness (QED) is 0.807. The monoisotopic (exact) mass is 250 g/mol. The van der Waals surface area contributed by atoms with Crippen molar-refractivity contribution in [3.8, 4) is 0 Å². The molecule has 4 saturated carbocycles. The second-order valence-corrected chi connectivity index (χ2v) is 7.29. The van der Waals surface area contributed by atoms with Crippen LogP contribution in [0.4, 0.5) is 0 Å². The lowest BCUT2D eigenvalue weighted by atomic mass is 9.45. The summed E-state index contributed by atoms with van der Waals surface area (Å²) in [6.45, 7) is 4.11. The zero-order chi connectivity index (χ0) is 13.0. The van der Waals surface area contributed by atoms with Crippen molar-refractivity contribution in [1.82, 2.24) is 5.32 Å². The summed E-state index contributed by atoms with van der Waals surface area (Å²) in [4.78, 5) is 11.8. The fourth-order valence-electron chi connectivity index (χ4n) is 5.40. The predicted octanol–water partition coefficient (Wildman–Crippen LogP) is 2.20. The highest BCUT2D eigenvalue weighted by Crippen LogP contribution is 2.62. The maximum Gasteiger partial charge on any atom is 0.220 e. The smallest absolute Gasteiger partial charge is 0.220 e. The highest BCUT2D eigenvalue weighted by molar-refractivity contribution is 5.76. The van der Waals surface area contributed by atoms with Crippen LogP contribution in [0.2, 0.25) is 0 Å². The lowest BCUT2D eigenvalue weighted by Crippen LogP contribution is -2.66. The number of rotatable bonds is 3. The topological polar surface area (TPSA) is 55.1 Å². The van der Waals surface area contributed by atoms with Crippen LogP contribution in [0.1, 0.15) is 58.8 Å². The molecule has 0 saturated heterocycles. The normalized spacial score (nSPS) is 47.1. The van der Waals surface area contributed by atoms with Crippen LogP contribution in [0.5, 0.6) is 0 Å². The molecular weight excluding hydrogens is 224 g/mol. The molecule has 4 aliphatic rings. The Morgan fingerprint density at radius 1 is 1.33 bits per heavy atom. The van der Waals surface area contributed by atoms with E-state index < -0.39 is 0 Å². The first kappa shape index (κ1) is 12.5. The van der Waals surface area contributed by atoms with E-state index in [0.29, 0.717) is 11.8 Å². The van der Waals surface area contributed by atoms with Crippen molar-refractivity contribution in [3.05, 3.63) is 0 Å². The molecular formula is C15H26N2O. The molecule has 4 rings (SSSR count). The summed E-state index contributed by atoms with van der Waals surface area (Å²) < 4.78 is 0. The zero-order valence-electron chi connectivity index (χ0n) is 11.7. The maximum atomic E-state index is 11.8. The molecule has 3 heteroatoms. The Bertz CT molecular complexity index is 350. The Hall–Kier alpha value is -0.570. The molecule has 0 radical (unpaired) electrons. The van der Waals surface area contributed by atoms with E-state index in [1.54, 1.807) is 0 Å². The Morgan fingerprint density at radius 2 is 1.94 bits per heavy atom. The summed E-state index contributed by atoms with van der Waals surface area (Å²) in [7, 11) is 0. The third kappa shape index (κ3) is 1.78. The van der Waals surface area contributed by atoms with Crippen LogP contribution in [0.25, 0.3) is 0 Å². The number of hydrogen-bond acceptors (Lipinski definition) is 2. The average Bonchev–Trinajstić information content (AvgIpc) is 2.26. The number of amides is 1. The van der Waals surface area contributed by atoms with Gasteiger partial charge in [0.1, 0.15) is 0 Å². The molecule has 0 aromatic heterocycles. The summed E-state index contributed by atoms with van der Waals surface area (Å²) >= 11 is 0. The summed E-state index contributed by atoms with van der Waals surface area (Å²) in [6, 6.07) is 0.265. The molecule has 4 aliphatic carbocycles. The van der Waals surface area contributed by atoms with E-state index in [2.05, 4.69) is 12.2 Å². The van der Waals surface area contributed by atoms with E-state index in [1.165, 1.54) is 32.1 Å². The third-order valence-electron chi connectivity index (χ3n) is 5.80. The standard InChI is InChI=1S/C15H26N2O/c1-3-13(18)17-15-7-11-4-12(8-15)6-14(5-11,9-15)10(2)16/h10-12H,3-9,16H2,1-2H3,(H,17,18). The number of carbonyl (C=O) groups is 1. The number of nitrogens with one attached hydrogen (secondary N) is 1. The summed E-state index contributed by atoms with van der Waals surface area (Å²) in [6.07, 6.45) is 8.08. The SMILES string of the molecule is CCC(=O)NC12CC3CC(C1)CC(C(C)N)(C3)C2. The van der Waals surface area contributed by atoms with Crippen molar-refractivity contribution in [2.24, 2.45) is 23.0 Å². The van der Waals surface area contributed by atoms with Gasteiger partial charge in [-0.1, -0.05) is 6.92 Å². The van der Waals surface area contributed by atoms with Gasteiger partial charge in [-0.2, -0.15) is 0 Å². The molecule has 0 aliphatic heterocycles. The molecule has 4 bridgehead atoms. The van der Waals surface area contributed by atoms with Crippen molar-refractivity contribution in [2.45, 2.75) is 70.4 Å². The van der Waals surface area contributed by atoms with Crippen molar-refractivity contribution in [3.63, 3.8) is 0 Å². The molecule has 0 heterocycles. The van der Waals surface area contributed by atoms with E-state index in [1.807, 2.05) is 6.92 Å². The number of carbonyl (C=O) groups excluding carboxylic acids is 1. The molecule has 3 nitrogen and oxygen atoms in total. The maximum absolute atomic E-state index is 11.8. The van der Waals surface area contributed by atoms with Gasteiger partial charge in [0.25, 0.3) is 0 Å². The van der Waals surface area contributed by atoms with Gasteiger partial charge in [0.05, 0.1) is 0 Å². The molecule has 102 valence electrons. The molecule has 1 amide bonds. The molecule has 3 unspecified atom stereocenters. The van der Waals surface area contributed by atoms with Gasteiger partial charge in [-0.05, 0) is 62.7 Å². The van der Waals surface area contributed by atoms with Gasteiger partial charge in [-0.25, -0.2) is 0 Å². The first-order chi connectivity index (χ1) is 8.47. The van der Waals surface area contributed by atoms with Gasteiger partial charge in [0, 0.05) is 18.0 Å².